The van der Waals surface area contributed by atoms with Crippen LogP contribution < -0.4 is 4.90 Å². The van der Waals surface area contributed by atoms with Gasteiger partial charge in [-0.1, -0.05) is 12.8 Å². The minimum atomic E-state index is -0.432. The predicted molar refractivity (Wildman–Crippen MR) is 77.7 cm³/mol. The molecule has 1 saturated carbocycles. The molecule has 0 spiro atoms. The number of aromatic nitrogens is 1. The lowest BCUT2D eigenvalue weighted by atomic mass is 9.71. The average Bonchev–Trinajstić information content (AvgIpc) is 2.94. The fourth-order valence-corrected chi connectivity index (χ4v) is 3.90. The lowest BCUT2D eigenvalue weighted by Crippen LogP contribution is -2.53. The summed E-state index contributed by atoms with van der Waals surface area (Å²) in [6.07, 6.45) is 8.89. The smallest absolute Gasteiger partial charge is 0.139 e. The second-order valence-corrected chi connectivity index (χ2v) is 6.21. The van der Waals surface area contributed by atoms with Crippen LogP contribution in [0.1, 0.15) is 32.1 Å². The molecule has 4 heteroatoms. The summed E-state index contributed by atoms with van der Waals surface area (Å²) in [7, 11) is 0. The molecule has 4 rings (SSSR count). The van der Waals surface area contributed by atoms with E-state index in [-0.39, 0.29) is 0 Å². The van der Waals surface area contributed by atoms with Crippen molar-refractivity contribution in [1.29, 1.82) is 0 Å². The SMILES string of the molecule is OC12CCCCC1CN(c1nccc3occc13)CC2. The van der Waals surface area contributed by atoms with Gasteiger partial charge in [0.25, 0.3) is 0 Å². The average molecular weight is 272 g/mol. The van der Waals surface area contributed by atoms with E-state index in [1.165, 1.54) is 12.8 Å². The fourth-order valence-electron chi connectivity index (χ4n) is 3.90. The van der Waals surface area contributed by atoms with Crippen LogP contribution in [0.2, 0.25) is 0 Å². The Morgan fingerprint density at radius 1 is 1.30 bits per heavy atom. The van der Waals surface area contributed by atoms with E-state index in [4.69, 9.17) is 4.42 Å². The maximum Gasteiger partial charge on any atom is 0.139 e. The van der Waals surface area contributed by atoms with Crippen molar-refractivity contribution in [3.05, 3.63) is 24.6 Å². The third kappa shape index (κ3) is 1.82. The van der Waals surface area contributed by atoms with Crippen LogP contribution in [0.25, 0.3) is 11.0 Å². The Balaban J connectivity index is 1.65. The van der Waals surface area contributed by atoms with Gasteiger partial charge in [0.15, 0.2) is 0 Å². The molecule has 20 heavy (non-hydrogen) atoms. The van der Waals surface area contributed by atoms with Crippen LogP contribution in [-0.4, -0.2) is 28.8 Å². The maximum atomic E-state index is 10.8. The van der Waals surface area contributed by atoms with Gasteiger partial charge in [0, 0.05) is 25.2 Å². The van der Waals surface area contributed by atoms with E-state index in [1.54, 1.807) is 6.26 Å². The number of furan rings is 1. The van der Waals surface area contributed by atoms with Crippen molar-refractivity contribution >= 4 is 16.8 Å². The zero-order chi connectivity index (χ0) is 13.6. The van der Waals surface area contributed by atoms with E-state index >= 15 is 0 Å². The largest absolute Gasteiger partial charge is 0.464 e. The Bertz CT molecular complexity index is 624. The van der Waals surface area contributed by atoms with Crippen LogP contribution in [0.4, 0.5) is 5.82 Å². The van der Waals surface area contributed by atoms with Crippen molar-refractivity contribution < 1.29 is 9.52 Å². The molecule has 3 heterocycles. The molecule has 4 nitrogen and oxygen atoms in total. The molecule has 2 aromatic heterocycles. The van der Waals surface area contributed by atoms with Gasteiger partial charge in [-0.25, -0.2) is 4.98 Å². The van der Waals surface area contributed by atoms with E-state index in [1.807, 2.05) is 18.3 Å². The van der Waals surface area contributed by atoms with Crippen molar-refractivity contribution in [3.8, 4) is 0 Å². The Hall–Kier alpha value is -1.55. The van der Waals surface area contributed by atoms with Crippen LogP contribution in [0, 0.1) is 5.92 Å². The highest BCUT2D eigenvalue weighted by atomic mass is 16.3. The molecule has 0 radical (unpaired) electrons. The first-order valence-electron chi connectivity index (χ1n) is 7.56. The molecule has 2 unspecified atom stereocenters. The minimum Gasteiger partial charge on any atom is -0.464 e. The Morgan fingerprint density at radius 2 is 2.25 bits per heavy atom. The van der Waals surface area contributed by atoms with Gasteiger partial charge in [-0.15, -0.1) is 0 Å². The quantitative estimate of drug-likeness (QED) is 0.867. The number of pyridine rings is 1. The van der Waals surface area contributed by atoms with Crippen LogP contribution in [0.5, 0.6) is 0 Å². The van der Waals surface area contributed by atoms with Crippen molar-refractivity contribution in [2.45, 2.75) is 37.7 Å². The number of rotatable bonds is 1. The van der Waals surface area contributed by atoms with Gasteiger partial charge in [0.1, 0.15) is 11.4 Å². The highest BCUT2D eigenvalue weighted by Gasteiger charge is 2.43. The van der Waals surface area contributed by atoms with Crippen LogP contribution in [0.3, 0.4) is 0 Å². The summed E-state index contributed by atoms with van der Waals surface area (Å²) in [4.78, 5) is 6.87. The lowest BCUT2D eigenvalue weighted by molar-refractivity contribution is -0.0613. The first-order valence-corrected chi connectivity index (χ1v) is 7.56. The highest BCUT2D eigenvalue weighted by Crippen LogP contribution is 2.41. The van der Waals surface area contributed by atoms with Crippen molar-refractivity contribution in [2.75, 3.05) is 18.0 Å². The monoisotopic (exact) mass is 272 g/mol. The molecule has 2 atom stereocenters. The fraction of sp³-hybridized carbons (Fsp3) is 0.562. The van der Waals surface area contributed by atoms with Gasteiger partial charge in [-0.2, -0.15) is 0 Å². The second kappa shape index (κ2) is 4.48. The number of piperidine rings is 1. The van der Waals surface area contributed by atoms with Crippen LogP contribution >= 0.6 is 0 Å². The molecule has 0 amide bonds. The first-order chi connectivity index (χ1) is 9.76. The van der Waals surface area contributed by atoms with Gasteiger partial charge < -0.3 is 14.4 Å². The van der Waals surface area contributed by atoms with Gasteiger partial charge in [0.05, 0.1) is 17.3 Å². The third-order valence-corrected chi connectivity index (χ3v) is 5.09. The zero-order valence-corrected chi connectivity index (χ0v) is 11.6. The normalized spacial score (nSPS) is 30.4. The van der Waals surface area contributed by atoms with Gasteiger partial charge >= 0.3 is 0 Å². The molecule has 2 aliphatic rings. The predicted octanol–water partition coefficient (Wildman–Crippen LogP) is 2.96. The van der Waals surface area contributed by atoms with Gasteiger partial charge in [0.2, 0.25) is 0 Å². The molecule has 0 aromatic carbocycles. The lowest BCUT2D eigenvalue weighted by Gasteiger charge is -2.47. The molecule has 106 valence electrons. The minimum absolute atomic E-state index is 0.383. The number of fused-ring (bicyclic) bond motifs is 2. The van der Waals surface area contributed by atoms with Crippen LogP contribution in [0.15, 0.2) is 29.0 Å². The molecule has 0 bridgehead atoms. The standard InChI is InChI=1S/C16H20N2O2/c19-16-6-2-1-3-12(16)11-18(9-7-16)15-13-5-10-20-14(13)4-8-17-15/h4-5,8,10,12,19H,1-3,6-7,9,11H2. The topological polar surface area (TPSA) is 49.5 Å². The molecular formula is C16H20N2O2. The Morgan fingerprint density at radius 3 is 3.20 bits per heavy atom. The van der Waals surface area contributed by atoms with Crippen molar-refractivity contribution in [3.63, 3.8) is 0 Å². The number of hydrogen-bond donors (Lipinski definition) is 1. The second-order valence-electron chi connectivity index (χ2n) is 6.21. The van der Waals surface area contributed by atoms with E-state index in [2.05, 4.69) is 9.88 Å². The van der Waals surface area contributed by atoms with Crippen molar-refractivity contribution in [2.24, 2.45) is 5.92 Å². The molecule has 2 aromatic rings. The van der Waals surface area contributed by atoms with E-state index in [9.17, 15) is 5.11 Å². The number of hydrogen-bond acceptors (Lipinski definition) is 4. The summed E-state index contributed by atoms with van der Waals surface area (Å²) < 4.78 is 5.46. The molecular weight excluding hydrogens is 252 g/mol. The van der Waals surface area contributed by atoms with E-state index in [0.29, 0.717) is 5.92 Å². The summed E-state index contributed by atoms with van der Waals surface area (Å²) in [5.41, 5.74) is 0.457. The summed E-state index contributed by atoms with van der Waals surface area (Å²) in [5, 5.41) is 11.8. The van der Waals surface area contributed by atoms with E-state index in [0.717, 1.165) is 49.1 Å². The summed E-state index contributed by atoms with van der Waals surface area (Å²) >= 11 is 0. The zero-order valence-electron chi connectivity index (χ0n) is 11.6. The number of nitrogens with zero attached hydrogens (tertiary/aromatic N) is 2. The van der Waals surface area contributed by atoms with Crippen molar-refractivity contribution in [1.82, 2.24) is 4.98 Å². The molecule has 1 aliphatic heterocycles. The Kier molecular flexibility index (Phi) is 2.74. The molecule has 1 aliphatic carbocycles. The molecule has 1 saturated heterocycles. The van der Waals surface area contributed by atoms with Gasteiger partial charge in [-0.3, -0.25) is 0 Å². The Labute approximate surface area is 118 Å². The maximum absolute atomic E-state index is 10.8. The summed E-state index contributed by atoms with van der Waals surface area (Å²) in [5.74, 6) is 1.39. The number of aliphatic hydroxyl groups is 1. The third-order valence-electron chi connectivity index (χ3n) is 5.09. The highest BCUT2D eigenvalue weighted by molar-refractivity contribution is 5.88. The van der Waals surface area contributed by atoms with Gasteiger partial charge in [-0.05, 0) is 31.4 Å². The van der Waals surface area contributed by atoms with E-state index < -0.39 is 5.60 Å². The van der Waals surface area contributed by atoms with Crippen LogP contribution in [-0.2, 0) is 0 Å². The molecule has 2 fully saturated rings. The summed E-state index contributed by atoms with van der Waals surface area (Å²) in [6.45, 7) is 1.79. The number of anilines is 1. The first kappa shape index (κ1) is 12.2. The summed E-state index contributed by atoms with van der Waals surface area (Å²) in [6, 6.07) is 3.89. The molecule has 1 N–H and O–H groups in total.